The van der Waals surface area contributed by atoms with Gasteiger partial charge >= 0.3 is 0 Å². The predicted molar refractivity (Wildman–Crippen MR) is 99.2 cm³/mol. The minimum absolute atomic E-state index is 0.0789. The van der Waals surface area contributed by atoms with Crippen molar-refractivity contribution in [2.24, 2.45) is 5.73 Å². The van der Waals surface area contributed by atoms with Gasteiger partial charge in [-0.3, -0.25) is 0 Å². The minimum atomic E-state index is 0.0789. The van der Waals surface area contributed by atoms with Crippen molar-refractivity contribution in [3.05, 3.63) is 77.9 Å². The zero-order valence-electron chi connectivity index (χ0n) is 13.8. The summed E-state index contributed by atoms with van der Waals surface area (Å²) in [5.74, 6) is 0.994. The standard InChI is InChI=1S/C22H21NO/c1-15-7-9-17(10-8-15)21-13-18(16-5-3-2-4-6-16)11-19-12-20(14-23)24-22(19)21/h2-11,13,20H,12,14,23H2,1H3. The van der Waals surface area contributed by atoms with E-state index in [0.29, 0.717) is 6.54 Å². The fourth-order valence-electron chi connectivity index (χ4n) is 3.31. The predicted octanol–water partition coefficient (Wildman–Crippen LogP) is 4.59. The number of benzene rings is 3. The van der Waals surface area contributed by atoms with Crippen molar-refractivity contribution in [2.75, 3.05) is 6.54 Å². The van der Waals surface area contributed by atoms with Crippen LogP contribution in [0.1, 0.15) is 11.1 Å². The third-order valence-corrected chi connectivity index (χ3v) is 4.63. The lowest BCUT2D eigenvalue weighted by Crippen LogP contribution is -2.24. The highest BCUT2D eigenvalue weighted by atomic mass is 16.5. The molecular weight excluding hydrogens is 294 g/mol. The van der Waals surface area contributed by atoms with Gasteiger partial charge in [-0.15, -0.1) is 0 Å². The summed E-state index contributed by atoms with van der Waals surface area (Å²) in [5, 5.41) is 0. The molecule has 0 saturated carbocycles. The molecule has 4 rings (SSSR count). The van der Waals surface area contributed by atoms with Gasteiger partial charge in [0.2, 0.25) is 0 Å². The second-order valence-corrected chi connectivity index (χ2v) is 6.42. The molecule has 1 unspecified atom stereocenters. The number of fused-ring (bicyclic) bond motifs is 1. The first-order chi connectivity index (χ1) is 11.7. The van der Waals surface area contributed by atoms with E-state index < -0.39 is 0 Å². The Hall–Kier alpha value is -2.58. The molecular formula is C22H21NO. The Morgan fingerprint density at radius 1 is 0.917 bits per heavy atom. The van der Waals surface area contributed by atoms with Crippen molar-refractivity contribution < 1.29 is 4.74 Å². The third-order valence-electron chi connectivity index (χ3n) is 4.63. The highest BCUT2D eigenvalue weighted by Crippen LogP contribution is 2.42. The summed E-state index contributed by atoms with van der Waals surface area (Å²) >= 11 is 0. The number of ether oxygens (including phenoxy) is 1. The number of nitrogens with two attached hydrogens (primary N) is 1. The van der Waals surface area contributed by atoms with Gasteiger partial charge in [0.05, 0.1) is 0 Å². The van der Waals surface area contributed by atoms with E-state index in [2.05, 4.69) is 67.6 Å². The van der Waals surface area contributed by atoms with E-state index in [0.717, 1.165) is 17.7 Å². The van der Waals surface area contributed by atoms with Gasteiger partial charge in [0.1, 0.15) is 11.9 Å². The molecule has 0 amide bonds. The van der Waals surface area contributed by atoms with Gasteiger partial charge in [-0.05, 0) is 41.3 Å². The molecule has 0 aromatic heterocycles. The number of hydrogen-bond donors (Lipinski definition) is 1. The normalized spacial score (nSPS) is 15.8. The van der Waals surface area contributed by atoms with Crippen LogP contribution in [0.4, 0.5) is 0 Å². The molecule has 2 heteroatoms. The Labute approximate surface area is 142 Å². The Balaban J connectivity index is 1.88. The quantitative estimate of drug-likeness (QED) is 0.767. The minimum Gasteiger partial charge on any atom is -0.488 e. The van der Waals surface area contributed by atoms with E-state index in [4.69, 9.17) is 10.5 Å². The Kier molecular flexibility index (Phi) is 3.83. The molecule has 0 fully saturated rings. The van der Waals surface area contributed by atoms with Crippen molar-refractivity contribution in [3.63, 3.8) is 0 Å². The van der Waals surface area contributed by atoms with Crippen LogP contribution in [-0.4, -0.2) is 12.6 Å². The van der Waals surface area contributed by atoms with Crippen molar-refractivity contribution >= 4 is 0 Å². The molecule has 3 aromatic carbocycles. The van der Waals surface area contributed by atoms with Gasteiger partial charge in [0.15, 0.2) is 0 Å². The van der Waals surface area contributed by atoms with Crippen molar-refractivity contribution in [2.45, 2.75) is 19.4 Å². The Bertz CT molecular complexity index is 853. The second-order valence-electron chi connectivity index (χ2n) is 6.42. The molecule has 1 atom stereocenters. The van der Waals surface area contributed by atoms with E-state index in [1.165, 1.54) is 27.8 Å². The van der Waals surface area contributed by atoms with Crippen LogP contribution in [0.15, 0.2) is 66.7 Å². The fraction of sp³-hybridized carbons (Fsp3) is 0.182. The highest BCUT2D eigenvalue weighted by Gasteiger charge is 2.26. The summed E-state index contributed by atoms with van der Waals surface area (Å²) in [7, 11) is 0. The van der Waals surface area contributed by atoms with Crippen LogP contribution >= 0.6 is 0 Å². The lowest BCUT2D eigenvalue weighted by Gasteiger charge is -2.13. The molecule has 0 radical (unpaired) electrons. The molecule has 24 heavy (non-hydrogen) atoms. The summed E-state index contributed by atoms with van der Waals surface area (Å²) in [4.78, 5) is 0. The zero-order valence-corrected chi connectivity index (χ0v) is 13.8. The molecule has 1 aliphatic heterocycles. The molecule has 3 aromatic rings. The van der Waals surface area contributed by atoms with E-state index in [-0.39, 0.29) is 6.10 Å². The number of aryl methyl sites for hydroxylation is 1. The van der Waals surface area contributed by atoms with Gasteiger partial charge < -0.3 is 10.5 Å². The highest BCUT2D eigenvalue weighted by molar-refractivity contribution is 5.80. The average Bonchev–Trinajstić information content (AvgIpc) is 3.05. The Morgan fingerprint density at radius 2 is 1.67 bits per heavy atom. The zero-order chi connectivity index (χ0) is 16.5. The molecule has 1 aliphatic rings. The third kappa shape index (κ3) is 2.70. The molecule has 0 spiro atoms. The van der Waals surface area contributed by atoms with Gasteiger partial charge in [-0.2, -0.15) is 0 Å². The van der Waals surface area contributed by atoms with E-state index in [9.17, 15) is 0 Å². The average molecular weight is 315 g/mol. The van der Waals surface area contributed by atoms with Gasteiger partial charge in [-0.25, -0.2) is 0 Å². The molecule has 2 N–H and O–H groups in total. The van der Waals surface area contributed by atoms with E-state index >= 15 is 0 Å². The fourth-order valence-corrected chi connectivity index (χ4v) is 3.31. The Morgan fingerprint density at radius 3 is 2.38 bits per heavy atom. The van der Waals surface area contributed by atoms with E-state index in [1.807, 2.05) is 6.07 Å². The van der Waals surface area contributed by atoms with Crippen LogP contribution in [0, 0.1) is 6.92 Å². The van der Waals surface area contributed by atoms with Crippen LogP contribution in [0.3, 0.4) is 0 Å². The van der Waals surface area contributed by atoms with Crippen molar-refractivity contribution in [1.82, 2.24) is 0 Å². The van der Waals surface area contributed by atoms with Gasteiger partial charge in [0.25, 0.3) is 0 Å². The lowest BCUT2D eigenvalue weighted by atomic mass is 9.94. The topological polar surface area (TPSA) is 35.2 Å². The smallest absolute Gasteiger partial charge is 0.131 e. The first-order valence-corrected chi connectivity index (χ1v) is 8.40. The molecule has 120 valence electrons. The SMILES string of the molecule is Cc1ccc(-c2cc(-c3ccccc3)cc3c2OC(CN)C3)cc1. The second kappa shape index (κ2) is 6.14. The molecule has 1 heterocycles. The molecule has 0 aliphatic carbocycles. The summed E-state index contributed by atoms with van der Waals surface area (Å²) in [6.45, 7) is 2.65. The summed E-state index contributed by atoms with van der Waals surface area (Å²) in [5.41, 5.74) is 13.2. The molecule has 0 saturated heterocycles. The van der Waals surface area contributed by atoms with Crippen LogP contribution in [-0.2, 0) is 6.42 Å². The summed E-state index contributed by atoms with van der Waals surface area (Å²) in [6.07, 6.45) is 0.959. The first-order valence-electron chi connectivity index (χ1n) is 8.40. The molecule has 2 nitrogen and oxygen atoms in total. The maximum atomic E-state index is 6.14. The maximum absolute atomic E-state index is 6.14. The van der Waals surface area contributed by atoms with Crippen LogP contribution in [0.25, 0.3) is 22.3 Å². The summed E-state index contributed by atoms with van der Waals surface area (Å²) < 4.78 is 6.14. The van der Waals surface area contributed by atoms with Gasteiger partial charge in [-0.1, -0.05) is 60.2 Å². The number of rotatable bonds is 3. The van der Waals surface area contributed by atoms with Crippen LogP contribution in [0.5, 0.6) is 5.75 Å². The van der Waals surface area contributed by atoms with Gasteiger partial charge in [0, 0.05) is 18.5 Å². The van der Waals surface area contributed by atoms with Crippen molar-refractivity contribution in [3.8, 4) is 28.0 Å². The lowest BCUT2D eigenvalue weighted by molar-refractivity contribution is 0.242. The maximum Gasteiger partial charge on any atom is 0.131 e. The molecule has 0 bridgehead atoms. The monoisotopic (exact) mass is 315 g/mol. The number of hydrogen-bond acceptors (Lipinski definition) is 2. The summed E-state index contributed by atoms with van der Waals surface area (Å²) in [6, 6.07) is 23.6. The van der Waals surface area contributed by atoms with Crippen LogP contribution < -0.4 is 10.5 Å². The largest absolute Gasteiger partial charge is 0.488 e. The van der Waals surface area contributed by atoms with E-state index in [1.54, 1.807) is 0 Å². The first kappa shape index (κ1) is 15.0. The van der Waals surface area contributed by atoms with Crippen molar-refractivity contribution in [1.29, 1.82) is 0 Å². The van der Waals surface area contributed by atoms with Crippen LogP contribution in [0.2, 0.25) is 0 Å².